The Labute approximate surface area is 254 Å². The lowest BCUT2D eigenvalue weighted by molar-refractivity contribution is 0.0746. The third kappa shape index (κ3) is 6.56. The monoisotopic (exact) mass is 606 g/mol. The van der Waals surface area contributed by atoms with Gasteiger partial charge in [-0.05, 0) is 79.7 Å². The number of anilines is 2. The van der Waals surface area contributed by atoms with E-state index in [2.05, 4.69) is 15.5 Å². The lowest BCUT2D eigenvalue weighted by atomic mass is 10.1. The zero-order valence-electron chi connectivity index (χ0n) is 22.5. The number of carbonyl (C=O) groups excluding carboxylic acids is 2. The van der Waals surface area contributed by atoms with Gasteiger partial charge in [-0.25, -0.2) is 0 Å². The van der Waals surface area contributed by atoms with E-state index in [0.29, 0.717) is 47.7 Å². The summed E-state index contributed by atoms with van der Waals surface area (Å²) >= 11 is 18.2. The van der Waals surface area contributed by atoms with Crippen LogP contribution in [0, 0.1) is 13.8 Å². The first kappa shape index (κ1) is 28.7. The topological polar surface area (TPSA) is 77.8 Å². The van der Waals surface area contributed by atoms with E-state index in [0.717, 1.165) is 27.9 Å². The van der Waals surface area contributed by atoms with E-state index >= 15 is 0 Å². The minimum Gasteiger partial charge on any atom is -0.451 e. The van der Waals surface area contributed by atoms with Crippen LogP contribution in [-0.4, -0.2) is 48.0 Å². The molecule has 41 heavy (non-hydrogen) atoms. The molecule has 2 heterocycles. The molecule has 2 amide bonds. The van der Waals surface area contributed by atoms with Crippen LogP contribution in [0.4, 0.5) is 11.4 Å². The minimum atomic E-state index is -0.479. The number of furan rings is 1. The van der Waals surface area contributed by atoms with Gasteiger partial charge in [0.05, 0.1) is 10.7 Å². The minimum absolute atomic E-state index is 0.0503. The van der Waals surface area contributed by atoms with Crippen LogP contribution < -0.4 is 15.5 Å². The highest BCUT2D eigenvalue weighted by molar-refractivity contribution is 7.80. The number of thiocarbonyl (C=S) groups is 1. The van der Waals surface area contributed by atoms with Crippen LogP contribution >= 0.6 is 35.4 Å². The van der Waals surface area contributed by atoms with Crippen LogP contribution in [0.15, 0.2) is 77.2 Å². The molecule has 7 nitrogen and oxygen atoms in total. The van der Waals surface area contributed by atoms with Crippen LogP contribution in [-0.2, 0) is 0 Å². The van der Waals surface area contributed by atoms with Crippen LogP contribution in [0.3, 0.4) is 0 Å². The second-order valence-corrected chi connectivity index (χ2v) is 11.0. The Balaban J connectivity index is 1.15. The van der Waals surface area contributed by atoms with Crippen LogP contribution in [0.5, 0.6) is 0 Å². The van der Waals surface area contributed by atoms with Gasteiger partial charge in [-0.2, -0.15) is 0 Å². The van der Waals surface area contributed by atoms with E-state index in [1.807, 2.05) is 67.3 Å². The smallest absolute Gasteiger partial charge is 0.293 e. The fourth-order valence-corrected chi connectivity index (χ4v) is 5.35. The molecule has 0 saturated carbocycles. The Hall–Kier alpha value is -3.85. The van der Waals surface area contributed by atoms with E-state index in [1.165, 1.54) is 0 Å². The van der Waals surface area contributed by atoms with Crippen molar-refractivity contribution in [3.05, 3.63) is 105 Å². The maximum Gasteiger partial charge on any atom is 0.293 e. The quantitative estimate of drug-likeness (QED) is 0.239. The number of rotatable bonds is 5. The number of hydrogen-bond donors (Lipinski definition) is 2. The molecule has 10 heteroatoms. The molecule has 0 atom stereocenters. The molecule has 2 N–H and O–H groups in total. The molecule has 3 aromatic carbocycles. The third-order valence-corrected chi connectivity index (χ3v) is 7.92. The summed E-state index contributed by atoms with van der Waals surface area (Å²) in [6, 6.07) is 22.0. The largest absolute Gasteiger partial charge is 0.451 e. The van der Waals surface area contributed by atoms with Gasteiger partial charge in [-0.15, -0.1) is 0 Å². The molecule has 1 aliphatic heterocycles. The summed E-state index contributed by atoms with van der Waals surface area (Å²) in [4.78, 5) is 29.7. The second kappa shape index (κ2) is 12.3. The molecular weight excluding hydrogens is 579 g/mol. The standard InChI is InChI=1S/C31H28Cl2N4O3S/c1-19-5-3-4-6-23(19)30(39)37-15-13-36(14-16-37)26-10-9-22(18-25(26)33)34-31(41)35-29(38)28-12-11-27(40-28)21-8-7-20(2)24(32)17-21/h3-12,17-18H,13-16H2,1-2H3,(H2,34,35,38,41). The van der Waals surface area contributed by atoms with Crippen molar-refractivity contribution in [1.29, 1.82) is 0 Å². The molecule has 0 bridgehead atoms. The van der Waals surface area contributed by atoms with Gasteiger partial charge in [0, 0.05) is 48.0 Å². The summed E-state index contributed by atoms with van der Waals surface area (Å²) in [6.45, 7) is 6.40. The van der Waals surface area contributed by atoms with E-state index in [9.17, 15) is 9.59 Å². The van der Waals surface area contributed by atoms with Gasteiger partial charge in [0.25, 0.3) is 11.8 Å². The molecule has 1 aliphatic rings. The van der Waals surface area contributed by atoms with Crippen molar-refractivity contribution in [3.8, 4) is 11.3 Å². The van der Waals surface area contributed by atoms with Crippen molar-refractivity contribution in [3.63, 3.8) is 0 Å². The van der Waals surface area contributed by atoms with Crippen molar-refractivity contribution in [1.82, 2.24) is 10.2 Å². The van der Waals surface area contributed by atoms with Gasteiger partial charge >= 0.3 is 0 Å². The summed E-state index contributed by atoms with van der Waals surface area (Å²) in [5.41, 5.74) is 4.94. The van der Waals surface area contributed by atoms with Crippen LogP contribution in [0.2, 0.25) is 10.0 Å². The number of piperazine rings is 1. The van der Waals surface area contributed by atoms with Crippen molar-refractivity contribution < 1.29 is 14.0 Å². The number of nitrogens with one attached hydrogen (secondary N) is 2. The lowest BCUT2D eigenvalue weighted by Crippen LogP contribution is -2.49. The van der Waals surface area contributed by atoms with Crippen molar-refractivity contribution in [2.45, 2.75) is 13.8 Å². The Morgan fingerprint density at radius 2 is 1.61 bits per heavy atom. The molecule has 4 aromatic rings. The molecule has 0 radical (unpaired) electrons. The lowest BCUT2D eigenvalue weighted by Gasteiger charge is -2.36. The zero-order chi connectivity index (χ0) is 29.1. The zero-order valence-corrected chi connectivity index (χ0v) is 24.9. The summed E-state index contributed by atoms with van der Waals surface area (Å²) in [7, 11) is 0. The number of amides is 2. The predicted molar refractivity (Wildman–Crippen MR) is 168 cm³/mol. The van der Waals surface area contributed by atoms with Gasteiger partial charge in [-0.3, -0.25) is 14.9 Å². The van der Waals surface area contributed by atoms with Gasteiger partial charge in [0.1, 0.15) is 5.76 Å². The summed E-state index contributed by atoms with van der Waals surface area (Å²) in [5.74, 6) is 0.218. The Bertz CT molecular complexity index is 1630. The Kier molecular flexibility index (Phi) is 8.63. The molecule has 1 saturated heterocycles. The average Bonchev–Trinajstić information content (AvgIpc) is 3.45. The van der Waals surface area contributed by atoms with E-state index in [-0.39, 0.29) is 16.8 Å². The molecule has 1 aromatic heterocycles. The first-order chi connectivity index (χ1) is 19.7. The second-order valence-electron chi connectivity index (χ2n) is 9.80. The molecule has 210 valence electrons. The fourth-order valence-electron chi connectivity index (χ4n) is 4.66. The Morgan fingerprint density at radius 1 is 0.854 bits per heavy atom. The highest BCUT2D eigenvalue weighted by atomic mass is 35.5. The SMILES string of the molecule is Cc1ccc(-c2ccc(C(=O)NC(=S)Nc3ccc(N4CCN(C(=O)c5ccccc5C)CC4)c(Cl)c3)o2)cc1Cl. The molecule has 5 rings (SSSR count). The van der Waals surface area contributed by atoms with Crippen molar-refractivity contribution in [2.75, 3.05) is 36.4 Å². The fraction of sp³-hybridized carbons (Fsp3) is 0.194. The first-order valence-corrected chi connectivity index (χ1v) is 14.2. The number of carbonyl (C=O) groups is 2. The average molecular weight is 608 g/mol. The van der Waals surface area contributed by atoms with E-state index < -0.39 is 5.91 Å². The maximum absolute atomic E-state index is 13.0. The van der Waals surface area contributed by atoms with Gasteiger partial charge in [-0.1, -0.05) is 53.5 Å². The highest BCUT2D eigenvalue weighted by Gasteiger charge is 2.24. The van der Waals surface area contributed by atoms with Crippen LogP contribution in [0.1, 0.15) is 32.0 Å². The molecule has 0 unspecified atom stereocenters. The van der Waals surface area contributed by atoms with Crippen molar-refractivity contribution in [2.24, 2.45) is 0 Å². The Morgan fingerprint density at radius 3 is 2.32 bits per heavy atom. The van der Waals surface area contributed by atoms with Crippen molar-refractivity contribution >= 4 is 63.7 Å². The van der Waals surface area contributed by atoms with E-state index in [1.54, 1.807) is 24.3 Å². The normalized spacial score (nSPS) is 13.2. The summed E-state index contributed by atoms with van der Waals surface area (Å²) < 4.78 is 5.72. The highest BCUT2D eigenvalue weighted by Crippen LogP contribution is 2.30. The molecular formula is C31H28Cl2N4O3S. The van der Waals surface area contributed by atoms with Crippen LogP contribution in [0.25, 0.3) is 11.3 Å². The number of halogens is 2. The summed E-state index contributed by atoms with van der Waals surface area (Å²) in [5, 5.41) is 6.89. The molecule has 0 aliphatic carbocycles. The van der Waals surface area contributed by atoms with Gasteiger partial charge in [0.15, 0.2) is 10.9 Å². The van der Waals surface area contributed by atoms with Gasteiger partial charge < -0.3 is 19.5 Å². The third-order valence-electron chi connectivity index (χ3n) is 7.00. The van der Waals surface area contributed by atoms with Gasteiger partial charge in [0.2, 0.25) is 0 Å². The number of aryl methyl sites for hydroxylation is 2. The maximum atomic E-state index is 13.0. The number of benzene rings is 3. The molecule has 1 fully saturated rings. The predicted octanol–water partition coefficient (Wildman–Crippen LogP) is 6.96. The summed E-state index contributed by atoms with van der Waals surface area (Å²) in [6.07, 6.45) is 0. The number of nitrogens with zero attached hydrogens (tertiary/aromatic N) is 2. The number of hydrogen-bond acceptors (Lipinski definition) is 5. The molecule has 0 spiro atoms. The van der Waals surface area contributed by atoms with E-state index in [4.69, 9.17) is 39.8 Å². The first-order valence-electron chi connectivity index (χ1n) is 13.1.